The van der Waals surface area contributed by atoms with Crippen LogP contribution in [0.15, 0.2) is 24.3 Å². The van der Waals surface area contributed by atoms with E-state index in [1.54, 1.807) is 7.11 Å². The summed E-state index contributed by atoms with van der Waals surface area (Å²) < 4.78 is 11.4. The quantitative estimate of drug-likeness (QED) is 0.792. The van der Waals surface area contributed by atoms with Gasteiger partial charge in [0.05, 0.1) is 12.2 Å². The topological polar surface area (TPSA) is 62.8 Å². The summed E-state index contributed by atoms with van der Waals surface area (Å²) in [5.41, 5.74) is 1.71. The van der Waals surface area contributed by atoms with E-state index in [2.05, 4.69) is 53.6 Å². The molecule has 2 N–H and O–H groups in total. The summed E-state index contributed by atoms with van der Waals surface area (Å²) >= 11 is 0. The number of morpholine rings is 1. The number of ether oxygens (including phenoxy) is 2. The normalized spacial score (nSPS) is 25.9. The summed E-state index contributed by atoms with van der Waals surface area (Å²) in [6.45, 7) is 9.29. The van der Waals surface area contributed by atoms with E-state index in [9.17, 15) is 4.79 Å². The zero-order valence-corrected chi connectivity index (χ0v) is 16.8. The molecule has 2 unspecified atom stereocenters. The molecule has 2 atom stereocenters. The van der Waals surface area contributed by atoms with Crippen LogP contribution in [0, 0.1) is 0 Å². The summed E-state index contributed by atoms with van der Waals surface area (Å²) in [7, 11) is 1.63. The number of benzene rings is 1. The maximum absolute atomic E-state index is 12.6. The van der Waals surface area contributed by atoms with Gasteiger partial charge in [-0.25, -0.2) is 0 Å². The molecule has 6 nitrogen and oxygen atoms in total. The fourth-order valence-corrected chi connectivity index (χ4v) is 4.13. The number of nitrogens with one attached hydrogen (secondary N) is 2. The molecule has 0 radical (unpaired) electrons. The number of rotatable bonds is 6. The zero-order chi connectivity index (χ0) is 19.3. The highest BCUT2D eigenvalue weighted by Gasteiger charge is 2.39. The highest BCUT2D eigenvalue weighted by atomic mass is 16.5. The minimum absolute atomic E-state index is 0.00753. The number of carbonyl (C=O) groups excluding carboxylic acids is 1. The van der Waals surface area contributed by atoms with Crippen molar-refractivity contribution in [2.75, 3.05) is 33.3 Å². The Morgan fingerprint density at radius 2 is 1.78 bits per heavy atom. The second-order valence-corrected chi connectivity index (χ2v) is 7.90. The van der Waals surface area contributed by atoms with Crippen LogP contribution in [0.25, 0.3) is 0 Å². The third-order valence-electron chi connectivity index (χ3n) is 5.59. The van der Waals surface area contributed by atoms with E-state index in [0.717, 1.165) is 38.3 Å². The molecule has 1 amide bonds. The highest BCUT2D eigenvalue weighted by Crippen LogP contribution is 2.23. The zero-order valence-electron chi connectivity index (χ0n) is 16.8. The first-order valence-electron chi connectivity index (χ1n) is 10.0. The lowest BCUT2D eigenvalue weighted by Gasteiger charge is -2.35. The lowest BCUT2D eigenvalue weighted by Crippen LogP contribution is -2.53. The third kappa shape index (κ3) is 5.29. The van der Waals surface area contributed by atoms with Crippen LogP contribution >= 0.6 is 0 Å². The number of carbonyl (C=O) groups is 1. The molecule has 0 saturated carbocycles. The Morgan fingerprint density at radius 1 is 1.19 bits per heavy atom. The van der Waals surface area contributed by atoms with Crippen LogP contribution in [0.2, 0.25) is 0 Å². The molecule has 3 rings (SSSR count). The first-order valence-corrected chi connectivity index (χ1v) is 10.0. The van der Waals surface area contributed by atoms with Crippen molar-refractivity contribution in [3.8, 4) is 0 Å². The number of piperidine rings is 1. The number of hydrogen-bond donors (Lipinski definition) is 2. The van der Waals surface area contributed by atoms with Crippen LogP contribution in [-0.4, -0.2) is 61.9 Å². The molecular formula is C21H33N3O3. The van der Waals surface area contributed by atoms with Gasteiger partial charge in [-0.1, -0.05) is 24.3 Å². The number of hydrogen-bond acceptors (Lipinski definition) is 5. The van der Waals surface area contributed by atoms with Crippen molar-refractivity contribution in [2.45, 2.75) is 57.6 Å². The van der Waals surface area contributed by atoms with E-state index in [4.69, 9.17) is 9.47 Å². The molecule has 1 aromatic rings. The van der Waals surface area contributed by atoms with Gasteiger partial charge in [-0.15, -0.1) is 0 Å². The first-order chi connectivity index (χ1) is 13.0. The molecule has 0 bridgehead atoms. The fourth-order valence-electron chi connectivity index (χ4n) is 4.13. The molecule has 0 aromatic heterocycles. The molecule has 0 spiro atoms. The Morgan fingerprint density at radius 3 is 2.37 bits per heavy atom. The second-order valence-electron chi connectivity index (χ2n) is 7.90. The fraction of sp³-hybridized carbons (Fsp3) is 0.667. The lowest BCUT2D eigenvalue weighted by atomic mass is 9.91. The van der Waals surface area contributed by atoms with Crippen LogP contribution < -0.4 is 10.6 Å². The number of nitrogens with zero attached hydrogens (tertiary/aromatic N) is 1. The summed E-state index contributed by atoms with van der Waals surface area (Å²) in [5.74, 6) is -0.00753. The third-order valence-corrected chi connectivity index (χ3v) is 5.59. The summed E-state index contributed by atoms with van der Waals surface area (Å²) in [6, 6.07) is 8.52. The highest BCUT2D eigenvalue weighted by molar-refractivity contribution is 5.85. The van der Waals surface area contributed by atoms with E-state index in [1.165, 1.54) is 5.56 Å². The SMILES string of the molecule is COC1(C(=O)NCc2ccc(CN3CC(C)OC(C)C3)cc2)CCNCC1. The van der Waals surface area contributed by atoms with Crippen molar-refractivity contribution in [1.82, 2.24) is 15.5 Å². The molecule has 2 fully saturated rings. The molecule has 2 aliphatic heterocycles. The molecule has 2 saturated heterocycles. The summed E-state index contributed by atoms with van der Waals surface area (Å²) in [4.78, 5) is 15.1. The Bertz CT molecular complexity index is 604. The van der Waals surface area contributed by atoms with Crippen LogP contribution in [0.5, 0.6) is 0 Å². The van der Waals surface area contributed by atoms with Gasteiger partial charge in [-0.2, -0.15) is 0 Å². The average molecular weight is 376 g/mol. The van der Waals surface area contributed by atoms with Gasteiger partial charge in [0.2, 0.25) is 0 Å². The molecule has 6 heteroatoms. The van der Waals surface area contributed by atoms with Gasteiger partial charge in [-0.05, 0) is 50.9 Å². The number of amides is 1. The molecule has 2 aliphatic rings. The Labute approximate surface area is 162 Å². The molecule has 0 aliphatic carbocycles. The van der Waals surface area contributed by atoms with Gasteiger partial charge < -0.3 is 20.1 Å². The predicted octanol–water partition coefficient (Wildman–Crippen LogP) is 1.68. The Hall–Kier alpha value is -1.47. The van der Waals surface area contributed by atoms with Crippen LogP contribution in [-0.2, 0) is 27.4 Å². The van der Waals surface area contributed by atoms with E-state index in [1.807, 2.05) is 0 Å². The molecule has 1 aromatic carbocycles. The lowest BCUT2D eigenvalue weighted by molar-refractivity contribution is -0.146. The van der Waals surface area contributed by atoms with Gasteiger partial charge in [0, 0.05) is 33.3 Å². The van der Waals surface area contributed by atoms with Crippen molar-refractivity contribution in [2.24, 2.45) is 0 Å². The van der Waals surface area contributed by atoms with Gasteiger partial charge in [0.25, 0.3) is 5.91 Å². The summed E-state index contributed by atoms with van der Waals surface area (Å²) in [6.07, 6.45) is 1.99. The van der Waals surface area contributed by atoms with E-state index in [0.29, 0.717) is 19.4 Å². The second kappa shape index (κ2) is 9.15. The molecule has 27 heavy (non-hydrogen) atoms. The van der Waals surface area contributed by atoms with Crippen LogP contribution in [0.4, 0.5) is 0 Å². The van der Waals surface area contributed by atoms with E-state index >= 15 is 0 Å². The molecule has 2 heterocycles. The monoisotopic (exact) mass is 375 g/mol. The van der Waals surface area contributed by atoms with E-state index in [-0.39, 0.29) is 18.1 Å². The van der Waals surface area contributed by atoms with Crippen molar-refractivity contribution >= 4 is 5.91 Å². The Balaban J connectivity index is 1.51. The maximum atomic E-state index is 12.6. The minimum Gasteiger partial charge on any atom is -0.373 e. The van der Waals surface area contributed by atoms with Crippen LogP contribution in [0.1, 0.15) is 37.8 Å². The van der Waals surface area contributed by atoms with Gasteiger partial charge in [0.15, 0.2) is 0 Å². The molecule has 150 valence electrons. The van der Waals surface area contributed by atoms with Crippen molar-refractivity contribution in [3.05, 3.63) is 35.4 Å². The van der Waals surface area contributed by atoms with Gasteiger partial charge in [-0.3, -0.25) is 9.69 Å². The largest absolute Gasteiger partial charge is 0.373 e. The van der Waals surface area contributed by atoms with Gasteiger partial charge >= 0.3 is 0 Å². The average Bonchev–Trinajstić information content (AvgIpc) is 2.67. The Kier molecular flexibility index (Phi) is 6.87. The summed E-state index contributed by atoms with van der Waals surface area (Å²) in [5, 5.41) is 6.33. The minimum atomic E-state index is -0.686. The standard InChI is InChI=1S/C21H33N3O3/c1-16-13-24(14-17(2)27-16)15-19-6-4-18(5-7-19)12-23-20(25)21(26-3)8-10-22-11-9-21/h4-7,16-17,22H,8-15H2,1-3H3,(H,23,25). The van der Waals surface area contributed by atoms with Gasteiger partial charge in [0.1, 0.15) is 5.60 Å². The van der Waals surface area contributed by atoms with Crippen molar-refractivity contribution in [1.29, 1.82) is 0 Å². The maximum Gasteiger partial charge on any atom is 0.252 e. The van der Waals surface area contributed by atoms with Crippen LogP contribution in [0.3, 0.4) is 0 Å². The molecular weight excluding hydrogens is 342 g/mol. The smallest absolute Gasteiger partial charge is 0.252 e. The van der Waals surface area contributed by atoms with E-state index < -0.39 is 5.60 Å². The number of methoxy groups -OCH3 is 1. The predicted molar refractivity (Wildman–Crippen MR) is 105 cm³/mol. The van der Waals surface area contributed by atoms with Crippen molar-refractivity contribution in [3.63, 3.8) is 0 Å². The van der Waals surface area contributed by atoms with Crippen molar-refractivity contribution < 1.29 is 14.3 Å². The first kappa shape index (κ1) is 20.3.